The summed E-state index contributed by atoms with van der Waals surface area (Å²) in [6, 6.07) is 8.14. The van der Waals surface area contributed by atoms with Crippen molar-refractivity contribution in [3.8, 4) is 0 Å². The molecular formula is C17H17F2NO3S. The molecule has 0 radical (unpaired) electrons. The van der Waals surface area contributed by atoms with Gasteiger partial charge >= 0.3 is 0 Å². The molecule has 0 unspecified atom stereocenters. The third-order valence-corrected chi connectivity index (χ3v) is 5.41. The Labute approximate surface area is 139 Å². The molecule has 128 valence electrons. The Morgan fingerprint density at radius 3 is 2.46 bits per heavy atom. The van der Waals surface area contributed by atoms with Crippen molar-refractivity contribution in [2.24, 2.45) is 0 Å². The number of amides is 1. The summed E-state index contributed by atoms with van der Waals surface area (Å²) in [6.07, 6.45) is 0. The van der Waals surface area contributed by atoms with Crippen LogP contribution < -0.4 is 5.32 Å². The number of rotatable bonds is 5. The van der Waals surface area contributed by atoms with Crippen LogP contribution in [-0.4, -0.2) is 20.1 Å². The Kier molecular flexibility index (Phi) is 5.33. The summed E-state index contributed by atoms with van der Waals surface area (Å²) >= 11 is 0. The normalized spacial score (nSPS) is 12.7. The molecule has 0 bridgehead atoms. The number of halogens is 2. The van der Waals surface area contributed by atoms with Crippen molar-refractivity contribution in [3.05, 3.63) is 65.2 Å². The van der Waals surface area contributed by atoms with Crippen LogP contribution in [0.5, 0.6) is 0 Å². The van der Waals surface area contributed by atoms with E-state index >= 15 is 0 Å². The number of nitrogens with one attached hydrogen (secondary N) is 1. The lowest BCUT2D eigenvalue weighted by Crippen LogP contribution is -2.28. The molecule has 0 aliphatic rings. The summed E-state index contributed by atoms with van der Waals surface area (Å²) < 4.78 is 50.9. The van der Waals surface area contributed by atoms with Crippen LogP contribution in [0, 0.1) is 11.6 Å². The monoisotopic (exact) mass is 353 g/mol. The van der Waals surface area contributed by atoms with Crippen LogP contribution in [0.25, 0.3) is 0 Å². The van der Waals surface area contributed by atoms with Gasteiger partial charge in [0, 0.05) is 11.6 Å². The molecule has 1 atom stereocenters. The minimum Gasteiger partial charge on any atom is -0.345 e. The van der Waals surface area contributed by atoms with Crippen molar-refractivity contribution in [2.45, 2.75) is 24.8 Å². The van der Waals surface area contributed by atoms with E-state index in [4.69, 9.17) is 0 Å². The zero-order valence-corrected chi connectivity index (χ0v) is 14.0. The van der Waals surface area contributed by atoms with E-state index in [-0.39, 0.29) is 21.8 Å². The van der Waals surface area contributed by atoms with Crippen molar-refractivity contribution in [3.63, 3.8) is 0 Å². The number of carbonyl (C=O) groups is 1. The third kappa shape index (κ3) is 3.79. The lowest BCUT2D eigenvalue weighted by Gasteiger charge is -2.16. The second kappa shape index (κ2) is 7.09. The van der Waals surface area contributed by atoms with Crippen LogP contribution in [0.4, 0.5) is 8.78 Å². The molecule has 1 N–H and O–H groups in total. The van der Waals surface area contributed by atoms with Crippen LogP contribution in [0.15, 0.2) is 47.4 Å². The fourth-order valence-corrected chi connectivity index (χ4v) is 3.38. The zero-order valence-electron chi connectivity index (χ0n) is 13.2. The predicted octanol–water partition coefficient (Wildman–Crippen LogP) is 3.25. The Morgan fingerprint density at radius 2 is 1.83 bits per heavy atom. The highest BCUT2D eigenvalue weighted by Crippen LogP contribution is 2.21. The molecule has 0 fully saturated rings. The summed E-state index contributed by atoms with van der Waals surface area (Å²) in [4.78, 5) is 12.3. The first-order chi connectivity index (χ1) is 11.3. The van der Waals surface area contributed by atoms with Gasteiger partial charge in [0.15, 0.2) is 9.84 Å². The topological polar surface area (TPSA) is 63.2 Å². The smallest absolute Gasteiger partial charge is 0.253 e. The summed E-state index contributed by atoms with van der Waals surface area (Å²) in [7, 11) is -3.57. The maximum atomic E-state index is 13.8. The first-order valence-corrected chi connectivity index (χ1v) is 8.99. The maximum Gasteiger partial charge on any atom is 0.253 e. The fourth-order valence-electron chi connectivity index (χ4n) is 2.29. The SMILES string of the molecule is CCS(=O)(=O)c1ccccc1C(=O)N[C@H](C)c1ccc(F)cc1F. The van der Waals surface area contributed by atoms with E-state index in [1.54, 1.807) is 6.07 Å². The minimum absolute atomic E-state index is 0.00581. The highest BCUT2D eigenvalue weighted by molar-refractivity contribution is 7.91. The second-order valence-electron chi connectivity index (χ2n) is 5.26. The summed E-state index contributed by atoms with van der Waals surface area (Å²) in [6.45, 7) is 3.02. The lowest BCUT2D eigenvalue weighted by molar-refractivity contribution is 0.0936. The van der Waals surface area contributed by atoms with Gasteiger partial charge in [-0.05, 0) is 25.1 Å². The predicted molar refractivity (Wildman–Crippen MR) is 86.4 cm³/mol. The maximum absolute atomic E-state index is 13.8. The third-order valence-electron chi connectivity index (χ3n) is 3.62. The molecule has 24 heavy (non-hydrogen) atoms. The number of sulfone groups is 1. The molecule has 7 heteroatoms. The van der Waals surface area contributed by atoms with E-state index in [0.717, 1.165) is 12.1 Å². The fraction of sp³-hybridized carbons (Fsp3) is 0.235. The first kappa shape index (κ1) is 18.1. The van der Waals surface area contributed by atoms with Crippen molar-refractivity contribution in [2.75, 3.05) is 5.75 Å². The average Bonchev–Trinajstić information content (AvgIpc) is 2.54. The zero-order chi connectivity index (χ0) is 17.9. The number of hydrogen-bond donors (Lipinski definition) is 1. The van der Waals surface area contributed by atoms with Crippen LogP contribution in [0.3, 0.4) is 0 Å². The van der Waals surface area contributed by atoms with Gasteiger partial charge in [-0.15, -0.1) is 0 Å². The minimum atomic E-state index is -3.57. The molecule has 0 saturated heterocycles. The molecule has 0 aromatic heterocycles. The van der Waals surface area contributed by atoms with Gasteiger partial charge in [0.25, 0.3) is 5.91 Å². The van der Waals surface area contributed by atoms with Gasteiger partial charge in [-0.3, -0.25) is 4.79 Å². The largest absolute Gasteiger partial charge is 0.345 e. The molecular weight excluding hydrogens is 336 g/mol. The molecule has 0 spiro atoms. The van der Waals surface area contributed by atoms with E-state index in [1.165, 1.54) is 38.1 Å². The van der Waals surface area contributed by atoms with Crippen molar-refractivity contribution >= 4 is 15.7 Å². The highest BCUT2D eigenvalue weighted by Gasteiger charge is 2.22. The summed E-state index contributed by atoms with van der Waals surface area (Å²) in [5.74, 6) is -2.27. The van der Waals surface area contributed by atoms with Gasteiger partial charge in [-0.1, -0.05) is 25.1 Å². The average molecular weight is 353 g/mol. The van der Waals surface area contributed by atoms with E-state index in [9.17, 15) is 22.0 Å². The van der Waals surface area contributed by atoms with E-state index in [0.29, 0.717) is 0 Å². The molecule has 0 saturated carbocycles. The van der Waals surface area contributed by atoms with Crippen LogP contribution in [0.2, 0.25) is 0 Å². The van der Waals surface area contributed by atoms with Gasteiger partial charge in [-0.25, -0.2) is 17.2 Å². The molecule has 0 aliphatic heterocycles. The number of carbonyl (C=O) groups excluding carboxylic acids is 1. The summed E-state index contributed by atoms with van der Waals surface area (Å²) in [5, 5.41) is 2.54. The van der Waals surface area contributed by atoms with Gasteiger partial charge < -0.3 is 5.32 Å². The van der Waals surface area contributed by atoms with Crippen molar-refractivity contribution in [1.29, 1.82) is 0 Å². The number of hydrogen-bond acceptors (Lipinski definition) is 3. The molecule has 1 amide bonds. The molecule has 2 rings (SSSR count). The van der Waals surface area contributed by atoms with E-state index < -0.39 is 33.4 Å². The standard InChI is InChI=1S/C17H17F2NO3S/c1-3-24(22,23)16-7-5-4-6-14(16)17(21)20-11(2)13-9-8-12(18)10-15(13)19/h4-11H,3H2,1-2H3,(H,20,21)/t11-/m1/s1. The van der Waals surface area contributed by atoms with Crippen LogP contribution >= 0.6 is 0 Å². The molecule has 2 aromatic rings. The van der Waals surface area contributed by atoms with E-state index in [1.807, 2.05) is 0 Å². The summed E-state index contributed by atoms with van der Waals surface area (Å²) in [5.41, 5.74) is 0.106. The Morgan fingerprint density at radius 1 is 1.17 bits per heavy atom. The lowest BCUT2D eigenvalue weighted by atomic mass is 10.1. The second-order valence-corrected chi connectivity index (χ2v) is 7.51. The Bertz CT molecular complexity index is 866. The van der Waals surface area contributed by atoms with Crippen molar-refractivity contribution < 1.29 is 22.0 Å². The van der Waals surface area contributed by atoms with Gasteiger partial charge in [0.05, 0.1) is 22.3 Å². The Hall–Kier alpha value is -2.28. The van der Waals surface area contributed by atoms with Crippen LogP contribution in [-0.2, 0) is 9.84 Å². The Balaban J connectivity index is 2.31. The molecule has 0 aliphatic carbocycles. The van der Waals surface area contributed by atoms with Gasteiger partial charge in [-0.2, -0.15) is 0 Å². The molecule has 4 nitrogen and oxygen atoms in total. The van der Waals surface area contributed by atoms with Crippen molar-refractivity contribution in [1.82, 2.24) is 5.32 Å². The highest BCUT2D eigenvalue weighted by atomic mass is 32.2. The molecule has 2 aromatic carbocycles. The quantitative estimate of drug-likeness (QED) is 0.897. The number of benzene rings is 2. The first-order valence-electron chi connectivity index (χ1n) is 7.34. The van der Waals surface area contributed by atoms with E-state index in [2.05, 4.69) is 5.32 Å². The van der Waals surface area contributed by atoms with Crippen LogP contribution in [0.1, 0.15) is 35.8 Å². The van der Waals surface area contributed by atoms with Gasteiger partial charge in [0.2, 0.25) is 0 Å². The van der Waals surface area contributed by atoms with Gasteiger partial charge in [0.1, 0.15) is 11.6 Å². The molecule has 0 heterocycles.